The number of ether oxygens (including phenoxy) is 2. The Balaban J connectivity index is 1.38. The second-order valence-electron chi connectivity index (χ2n) is 6.77. The maximum Gasteiger partial charge on any atom is 0.261 e. The molecule has 8 nitrogen and oxygen atoms in total. The van der Waals surface area contributed by atoms with Gasteiger partial charge in [0, 0.05) is 24.6 Å². The van der Waals surface area contributed by atoms with Crippen LogP contribution in [-0.2, 0) is 4.79 Å². The number of imide groups is 1. The van der Waals surface area contributed by atoms with E-state index in [1.165, 1.54) is 6.92 Å². The van der Waals surface area contributed by atoms with Crippen molar-refractivity contribution in [1.82, 2.24) is 4.90 Å². The van der Waals surface area contributed by atoms with Crippen LogP contribution >= 0.6 is 0 Å². The van der Waals surface area contributed by atoms with Gasteiger partial charge in [0.25, 0.3) is 11.8 Å². The Morgan fingerprint density at radius 2 is 1.66 bits per heavy atom. The van der Waals surface area contributed by atoms with Crippen LogP contribution in [-0.4, -0.2) is 41.7 Å². The van der Waals surface area contributed by atoms with Gasteiger partial charge in [-0.1, -0.05) is 12.1 Å². The van der Waals surface area contributed by atoms with Crippen LogP contribution in [0.5, 0.6) is 11.5 Å². The first kappa shape index (κ1) is 18.7. The molecule has 0 saturated carbocycles. The third-order valence-electron chi connectivity index (χ3n) is 4.83. The average Bonchev–Trinajstić information content (AvgIpc) is 3.25. The molecule has 29 heavy (non-hydrogen) atoms. The van der Waals surface area contributed by atoms with Gasteiger partial charge >= 0.3 is 0 Å². The van der Waals surface area contributed by atoms with Crippen LogP contribution in [0.3, 0.4) is 0 Å². The molecule has 1 N–H and O–H groups in total. The van der Waals surface area contributed by atoms with Crippen LogP contribution in [0, 0.1) is 0 Å². The van der Waals surface area contributed by atoms with E-state index in [-0.39, 0.29) is 43.3 Å². The average molecular weight is 394 g/mol. The molecule has 2 aromatic rings. The lowest BCUT2D eigenvalue weighted by Gasteiger charge is -2.14. The van der Waals surface area contributed by atoms with Crippen LogP contribution in [0.4, 0.5) is 5.69 Å². The molecule has 4 rings (SSSR count). The summed E-state index contributed by atoms with van der Waals surface area (Å²) >= 11 is 0. The Bertz CT molecular complexity index is 1010. The van der Waals surface area contributed by atoms with Crippen LogP contribution in [0.1, 0.15) is 50.8 Å². The van der Waals surface area contributed by atoms with Crippen molar-refractivity contribution in [2.24, 2.45) is 0 Å². The van der Waals surface area contributed by atoms with Gasteiger partial charge < -0.3 is 14.8 Å². The number of carbonyl (C=O) groups is 4. The van der Waals surface area contributed by atoms with Gasteiger partial charge in [0.1, 0.15) is 0 Å². The lowest BCUT2D eigenvalue weighted by atomic mass is 10.1. The number of Topliss-reactive ketones (excluding diaryl/α,β-unsaturated/α-hetero) is 1. The fourth-order valence-corrected chi connectivity index (χ4v) is 3.39. The normalized spacial score (nSPS) is 14.2. The number of ketones is 1. The minimum Gasteiger partial charge on any atom is -0.454 e. The third-order valence-corrected chi connectivity index (χ3v) is 4.83. The smallest absolute Gasteiger partial charge is 0.261 e. The number of fused-ring (bicyclic) bond motifs is 2. The van der Waals surface area contributed by atoms with E-state index in [4.69, 9.17) is 9.47 Å². The van der Waals surface area contributed by atoms with E-state index in [1.54, 1.807) is 36.4 Å². The van der Waals surface area contributed by atoms with Crippen LogP contribution in [0.25, 0.3) is 0 Å². The SMILES string of the molecule is CC(=O)c1cc2c(cc1NC(=O)CCCN1C(=O)c3ccccc3C1=O)OCO2. The predicted molar refractivity (Wildman–Crippen MR) is 102 cm³/mol. The molecular formula is C21H18N2O6. The van der Waals surface area contributed by atoms with Gasteiger partial charge in [-0.2, -0.15) is 0 Å². The molecule has 148 valence electrons. The molecule has 0 spiro atoms. The number of rotatable bonds is 6. The van der Waals surface area contributed by atoms with Crippen LogP contribution in [0.15, 0.2) is 36.4 Å². The van der Waals surface area contributed by atoms with E-state index in [0.29, 0.717) is 40.3 Å². The largest absolute Gasteiger partial charge is 0.454 e. The minimum absolute atomic E-state index is 0.0599. The second kappa shape index (κ2) is 7.38. The summed E-state index contributed by atoms with van der Waals surface area (Å²) in [6.07, 6.45) is 0.385. The predicted octanol–water partition coefficient (Wildman–Crippen LogP) is 2.63. The first-order valence-corrected chi connectivity index (χ1v) is 9.15. The number of nitrogens with one attached hydrogen (secondary N) is 1. The summed E-state index contributed by atoms with van der Waals surface area (Å²) in [6.45, 7) is 1.60. The molecule has 2 aliphatic heterocycles. The first-order chi connectivity index (χ1) is 14.0. The van der Waals surface area contributed by atoms with Gasteiger partial charge in [0.05, 0.1) is 16.8 Å². The Hall–Kier alpha value is -3.68. The monoisotopic (exact) mass is 394 g/mol. The number of amides is 3. The van der Waals surface area contributed by atoms with Crippen molar-refractivity contribution in [1.29, 1.82) is 0 Å². The van der Waals surface area contributed by atoms with Crippen LogP contribution in [0.2, 0.25) is 0 Å². The standard InChI is InChI=1S/C21H18N2O6/c1-12(24)15-9-17-18(29-11-28-17)10-16(15)22-19(25)7-4-8-23-20(26)13-5-2-3-6-14(13)21(23)27/h2-3,5-6,9-10H,4,7-8,11H2,1H3,(H,22,25). The van der Waals surface area contributed by atoms with Crippen molar-refractivity contribution in [3.05, 3.63) is 53.1 Å². The molecule has 0 aliphatic carbocycles. The number of anilines is 1. The third kappa shape index (κ3) is 3.44. The lowest BCUT2D eigenvalue weighted by Crippen LogP contribution is -2.31. The molecule has 8 heteroatoms. The molecule has 0 radical (unpaired) electrons. The highest BCUT2D eigenvalue weighted by atomic mass is 16.7. The zero-order valence-electron chi connectivity index (χ0n) is 15.7. The van der Waals surface area contributed by atoms with E-state index in [0.717, 1.165) is 4.90 Å². The van der Waals surface area contributed by atoms with Crippen molar-refractivity contribution >= 4 is 29.2 Å². The molecule has 2 heterocycles. The fourth-order valence-electron chi connectivity index (χ4n) is 3.39. The summed E-state index contributed by atoms with van der Waals surface area (Å²) in [5.41, 5.74) is 1.43. The highest BCUT2D eigenvalue weighted by Gasteiger charge is 2.34. The highest BCUT2D eigenvalue weighted by Crippen LogP contribution is 2.37. The summed E-state index contributed by atoms with van der Waals surface area (Å²) in [5.74, 6) is -0.330. The van der Waals surface area contributed by atoms with Gasteiger partial charge in [0.15, 0.2) is 17.3 Å². The first-order valence-electron chi connectivity index (χ1n) is 9.15. The summed E-state index contributed by atoms with van der Waals surface area (Å²) < 4.78 is 10.6. The Labute approximate surface area is 166 Å². The number of benzene rings is 2. The van der Waals surface area contributed by atoms with Crippen molar-refractivity contribution in [2.45, 2.75) is 19.8 Å². The summed E-state index contributed by atoms with van der Waals surface area (Å²) in [7, 11) is 0. The molecule has 0 saturated heterocycles. The molecule has 0 aromatic heterocycles. The number of nitrogens with zero attached hydrogens (tertiary/aromatic N) is 1. The van der Waals surface area contributed by atoms with Crippen LogP contribution < -0.4 is 14.8 Å². The lowest BCUT2D eigenvalue weighted by molar-refractivity contribution is -0.116. The molecule has 0 fully saturated rings. The molecule has 0 unspecified atom stereocenters. The van der Waals surface area contributed by atoms with Crippen molar-refractivity contribution in [3.8, 4) is 11.5 Å². The zero-order chi connectivity index (χ0) is 20.5. The zero-order valence-corrected chi connectivity index (χ0v) is 15.7. The Kier molecular flexibility index (Phi) is 4.75. The quantitative estimate of drug-likeness (QED) is 0.597. The van der Waals surface area contributed by atoms with E-state index in [1.807, 2.05) is 0 Å². The fraction of sp³-hybridized carbons (Fsp3) is 0.238. The van der Waals surface area contributed by atoms with Gasteiger partial charge in [-0.3, -0.25) is 24.1 Å². The Morgan fingerprint density at radius 3 is 2.28 bits per heavy atom. The molecule has 2 aliphatic rings. The number of carbonyl (C=O) groups excluding carboxylic acids is 4. The molecule has 2 aromatic carbocycles. The molecular weight excluding hydrogens is 376 g/mol. The van der Waals surface area contributed by atoms with Gasteiger partial charge in [-0.25, -0.2) is 0 Å². The number of hydrogen-bond acceptors (Lipinski definition) is 6. The maximum absolute atomic E-state index is 12.4. The van der Waals surface area contributed by atoms with Gasteiger partial charge in [-0.15, -0.1) is 0 Å². The summed E-state index contributed by atoms with van der Waals surface area (Å²) in [6, 6.07) is 9.74. The van der Waals surface area contributed by atoms with Crippen molar-refractivity contribution in [3.63, 3.8) is 0 Å². The number of hydrogen-bond donors (Lipinski definition) is 1. The highest BCUT2D eigenvalue weighted by molar-refractivity contribution is 6.21. The summed E-state index contributed by atoms with van der Waals surface area (Å²) in [5, 5.41) is 2.70. The van der Waals surface area contributed by atoms with Crippen molar-refractivity contribution in [2.75, 3.05) is 18.7 Å². The molecule has 3 amide bonds. The minimum atomic E-state index is -0.347. The topological polar surface area (TPSA) is 102 Å². The Morgan fingerprint density at radius 1 is 1.03 bits per heavy atom. The van der Waals surface area contributed by atoms with E-state index in [9.17, 15) is 19.2 Å². The second-order valence-corrected chi connectivity index (χ2v) is 6.77. The summed E-state index contributed by atoms with van der Waals surface area (Å²) in [4.78, 5) is 50.1. The molecule has 0 atom stereocenters. The van der Waals surface area contributed by atoms with E-state index < -0.39 is 0 Å². The molecule has 0 bridgehead atoms. The van der Waals surface area contributed by atoms with Gasteiger partial charge in [0.2, 0.25) is 12.7 Å². The van der Waals surface area contributed by atoms with Gasteiger partial charge in [-0.05, 0) is 31.5 Å². The maximum atomic E-state index is 12.4. The van der Waals surface area contributed by atoms with E-state index >= 15 is 0 Å². The van der Waals surface area contributed by atoms with E-state index in [2.05, 4.69) is 5.32 Å². The van der Waals surface area contributed by atoms with Crippen molar-refractivity contribution < 1.29 is 28.7 Å².